The first-order valence-corrected chi connectivity index (χ1v) is 14.2. The standard InChI is InChI=1S/C32H38N4O5/c1-20(2)14-23(15-27(37)28(21(3)4)35-31(40)41-18-22-10-6-5-7-11-22)29(38)36-19-32(16-24(36)17-33)25-12-8-9-13-26(25)34-30(32)39/h5-13,20-21,23-24,28H,14-16,18-19H2,1-4H3,(H,34,39)(H,35,40)/t23?,24-,28-,32-/m0/s1. The first-order valence-electron chi connectivity index (χ1n) is 14.2. The largest absolute Gasteiger partial charge is 0.445 e. The molecule has 0 bridgehead atoms. The van der Waals surface area contributed by atoms with Gasteiger partial charge in [-0.3, -0.25) is 14.4 Å². The number of ketones is 1. The fourth-order valence-corrected chi connectivity index (χ4v) is 5.94. The molecule has 1 saturated heterocycles. The zero-order valence-corrected chi connectivity index (χ0v) is 24.1. The van der Waals surface area contributed by atoms with Crippen molar-refractivity contribution in [2.24, 2.45) is 17.8 Å². The van der Waals surface area contributed by atoms with Gasteiger partial charge in [0.25, 0.3) is 0 Å². The van der Waals surface area contributed by atoms with Crippen molar-refractivity contribution in [1.82, 2.24) is 10.2 Å². The number of ether oxygens (including phenoxy) is 1. The maximum absolute atomic E-state index is 14.0. The van der Waals surface area contributed by atoms with Crippen LogP contribution < -0.4 is 10.6 Å². The zero-order chi connectivity index (χ0) is 29.7. The van der Waals surface area contributed by atoms with Crippen LogP contribution in [0.15, 0.2) is 54.6 Å². The van der Waals surface area contributed by atoms with E-state index in [1.165, 1.54) is 4.90 Å². The Morgan fingerprint density at radius 3 is 2.44 bits per heavy atom. The van der Waals surface area contributed by atoms with Gasteiger partial charge in [0, 0.05) is 31.0 Å². The number of nitrogens with one attached hydrogen (secondary N) is 2. The summed E-state index contributed by atoms with van der Waals surface area (Å²) in [7, 11) is 0. The predicted octanol–water partition coefficient (Wildman–Crippen LogP) is 4.57. The number of nitrogens with zero attached hydrogens (tertiary/aromatic N) is 2. The lowest BCUT2D eigenvalue weighted by Crippen LogP contribution is -2.47. The minimum absolute atomic E-state index is 0.0725. The number of nitriles is 1. The lowest BCUT2D eigenvalue weighted by atomic mass is 9.80. The summed E-state index contributed by atoms with van der Waals surface area (Å²) in [6, 6.07) is 17.2. The fourth-order valence-electron chi connectivity index (χ4n) is 5.94. The van der Waals surface area contributed by atoms with E-state index in [1.54, 1.807) is 0 Å². The molecular weight excluding hydrogens is 520 g/mol. The van der Waals surface area contributed by atoms with Gasteiger partial charge >= 0.3 is 6.09 Å². The van der Waals surface area contributed by atoms with Crippen molar-refractivity contribution in [3.63, 3.8) is 0 Å². The predicted molar refractivity (Wildman–Crippen MR) is 153 cm³/mol. The van der Waals surface area contributed by atoms with Crippen molar-refractivity contribution < 1.29 is 23.9 Å². The summed E-state index contributed by atoms with van der Waals surface area (Å²) in [4.78, 5) is 54.8. The normalized spacial score (nSPS) is 20.9. The molecule has 1 unspecified atom stereocenters. The van der Waals surface area contributed by atoms with E-state index in [2.05, 4.69) is 16.7 Å². The second-order valence-corrected chi connectivity index (χ2v) is 11.8. The van der Waals surface area contributed by atoms with Gasteiger partial charge in [0.1, 0.15) is 12.6 Å². The van der Waals surface area contributed by atoms with Crippen LogP contribution in [0.5, 0.6) is 0 Å². The number of benzene rings is 2. The molecule has 9 heteroatoms. The molecule has 0 saturated carbocycles. The average Bonchev–Trinajstić information content (AvgIpc) is 3.47. The Balaban J connectivity index is 1.49. The molecule has 0 radical (unpaired) electrons. The Bertz CT molecular complexity index is 1340. The van der Waals surface area contributed by atoms with Crippen LogP contribution in [0.1, 0.15) is 58.1 Å². The van der Waals surface area contributed by atoms with Crippen LogP contribution in [0.25, 0.3) is 0 Å². The molecule has 3 amide bonds. The highest BCUT2D eigenvalue weighted by atomic mass is 16.5. The molecule has 0 aliphatic carbocycles. The van der Waals surface area contributed by atoms with E-state index in [9.17, 15) is 24.4 Å². The minimum atomic E-state index is -0.996. The van der Waals surface area contributed by atoms with Gasteiger partial charge in [-0.25, -0.2) is 4.79 Å². The number of anilines is 1. The highest BCUT2D eigenvalue weighted by Gasteiger charge is 2.56. The molecule has 2 aliphatic rings. The van der Waals surface area contributed by atoms with Gasteiger partial charge in [-0.2, -0.15) is 5.26 Å². The van der Waals surface area contributed by atoms with Crippen LogP contribution in [0.3, 0.4) is 0 Å². The Morgan fingerprint density at radius 1 is 1.10 bits per heavy atom. The number of rotatable bonds is 10. The number of carbonyl (C=O) groups excluding carboxylic acids is 4. The van der Waals surface area contributed by atoms with E-state index in [4.69, 9.17) is 4.74 Å². The van der Waals surface area contributed by atoms with Gasteiger partial charge in [-0.05, 0) is 35.4 Å². The number of para-hydroxylation sites is 1. The van der Waals surface area contributed by atoms with Crippen molar-refractivity contribution in [3.05, 3.63) is 65.7 Å². The Labute approximate surface area is 241 Å². The molecule has 2 aromatic carbocycles. The molecule has 41 heavy (non-hydrogen) atoms. The number of Topliss-reactive ketones (excluding diaryl/α,β-unsaturated/α-hetero) is 1. The summed E-state index contributed by atoms with van der Waals surface area (Å²) in [5.74, 6) is -1.64. The summed E-state index contributed by atoms with van der Waals surface area (Å²) in [5.41, 5.74) is 1.31. The average molecular weight is 559 g/mol. The molecule has 2 N–H and O–H groups in total. The molecule has 216 valence electrons. The van der Waals surface area contributed by atoms with E-state index < -0.39 is 29.5 Å². The van der Waals surface area contributed by atoms with Gasteiger partial charge < -0.3 is 20.3 Å². The van der Waals surface area contributed by atoms with E-state index >= 15 is 0 Å². The summed E-state index contributed by atoms with van der Waals surface area (Å²) in [5, 5.41) is 15.6. The summed E-state index contributed by atoms with van der Waals surface area (Å²) in [6.07, 6.45) is -0.171. The van der Waals surface area contributed by atoms with Crippen LogP contribution in [-0.4, -0.2) is 47.2 Å². The van der Waals surface area contributed by atoms with Crippen LogP contribution in [-0.2, 0) is 31.1 Å². The first kappa shape index (κ1) is 29.8. The highest BCUT2D eigenvalue weighted by molar-refractivity contribution is 6.07. The molecule has 2 aromatic rings. The van der Waals surface area contributed by atoms with Crippen molar-refractivity contribution in [2.45, 2.75) is 71.1 Å². The van der Waals surface area contributed by atoms with E-state index in [0.717, 1.165) is 11.1 Å². The number of carbonyl (C=O) groups is 4. The number of amides is 3. The minimum Gasteiger partial charge on any atom is -0.445 e. The second-order valence-electron chi connectivity index (χ2n) is 11.8. The number of fused-ring (bicyclic) bond motifs is 2. The molecule has 1 spiro atoms. The molecule has 0 aromatic heterocycles. The molecule has 2 heterocycles. The smallest absolute Gasteiger partial charge is 0.408 e. The lowest BCUT2D eigenvalue weighted by Gasteiger charge is -2.29. The molecule has 4 rings (SSSR count). The van der Waals surface area contributed by atoms with Gasteiger partial charge in [-0.1, -0.05) is 76.2 Å². The Hall–Kier alpha value is -4.19. The lowest BCUT2D eigenvalue weighted by molar-refractivity contribution is -0.139. The Kier molecular flexibility index (Phi) is 9.11. The van der Waals surface area contributed by atoms with Crippen molar-refractivity contribution in [1.29, 1.82) is 5.26 Å². The number of alkyl carbamates (subject to hydrolysis) is 1. The summed E-state index contributed by atoms with van der Waals surface area (Å²) >= 11 is 0. The summed E-state index contributed by atoms with van der Waals surface area (Å²) in [6.45, 7) is 7.74. The molecule has 1 fully saturated rings. The third-order valence-electron chi connectivity index (χ3n) is 7.97. The Morgan fingerprint density at radius 2 is 1.78 bits per heavy atom. The van der Waals surface area contributed by atoms with Crippen molar-refractivity contribution in [3.8, 4) is 6.07 Å². The third kappa shape index (κ3) is 6.43. The van der Waals surface area contributed by atoms with E-state index in [0.29, 0.717) is 12.1 Å². The van der Waals surface area contributed by atoms with Crippen LogP contribution >= 0.6 is 0 Å². The van der Waals surface area contributed by atoms with Crippen LogP contribution in [0, 0.1) is 29.1 Å². The van der Waals surface area contributed by atoms with E-state index in [1.807, 2.05) is 82.3 Å². The van der Waals surface area contributed by atoms with Crippen LogP contribution in [0.4, 0.5) is 10.5 Å². The molecule has 4 atom stereocenters. The first-order chi connectivity index (χ1) is 19.6. The van der Waals surface area contributed by atoms with Crippen molar-refractivity contribution >= 4 is 29.4 Å². The second kappa shape index (κ2) is 12.5. The zero-order valence-electron chi connectivity index (χ0n) is 24.1. The molecular formula is C32H38N4O5. The van der Waals surface area contributed by atoms with Gasteiger partial charge in [-0.15, -0.1) is 0 Å². The third-order valence-corrected chi connectivity index (χ3v) is 7.97. The summed E-state index contributed by atoms with van der Waals surface area (Å²) < 4.78 is 5.33. The van der Waals surface area contributed by atoms with Crippen LogP contribution in [0.2, 0.25) is 0 Å². The van der Waals surface area contributed by atoms with E-state index in [-0.39, 0.29) is 55.4 Å². The van der Waals surface area contributed by atoms with Gasteiger partial charge in [0.05, 0.1) is 17.5 Å². The monoisotopic (exact) mass is 558 g/mol. The number of likely N-dealkylation sites (tertiary alicyclic amines) is 1. The number of hydrogen-bond acceptors (Lipinski definition) is 6. The number of hydrogen-bond donors (Lipinski definition) is 2. The van der Waals surface area contributed by atoms with Crippen molar-refractivity contribution in [2.75, 3.05) is 11.9 Å². The quantitative estimate of drug-likeness (QED) is 0.440. The molecule has 2 aliphatic heterocycles. The topological polar surface area (TPSA) is 129 Å². The fraction of sp³-hybridized carbons (Fsp3) is 0.469. The maximum Gasteiger partial charge on any atom is 0.408 e. The van der Waals surface area contributed by atoms with Gasteiger partial charge in [0.15, 0.2) is 5.78 Å². The maximum atomic E-state index is 14.0. The van der Waals surface area contributed by atoms with Gasteiger partial charge in [0.2, 0.25) is 11.8 Å². The highest BCUT2D eigenvalue weighted by Crippen LogP contribution is 2.46. The molecule has 9 nitrogen and oxygen atoms in total. The SMILES string of the molecule is CC(C)CC(CC(=O)[C@@H](NC(=O)OCc1ccccc1)C(C)C)C(=O)N1C[C@]2(C[C@H]1C#N)C(=O)Nc1ccccc12.